The Hall–Kier alpha value is -2.92. The van der Waals surface area contributed by atoms with Gasteiger partial charge in [-0.3, -0.25) is 4.98 Å². The van der Waals surface area contributed by atoms with Gasteiger partial charge in [-0.25, -0.2) is 9.50 Å². The van der Waals surface area contributed by atoms with Crippen LogP contribution in [0.1, 0.15) is 12.1 Å². The van der Waals surface area contributed by atoms with E-state index in [-0.39, 0.29) is 0 Å². The maximum Gasteiger partial charge on any atom is 0.231 e. The molecule has 0 spiro atoms. The van der Waals surface area contributed by atoms with E-state index in [1.807, 2.05) is 60.8 Å². The van der Waals surface area contributed by atoms with Crippen molar-refractivity contribution in [3.63, 3.8) is 0 Å². The van der Waals surface area contributed by atoms with E-state index in [4.69, 9.17) is 16.3 Å². The first-order chi connectivity index (χ1) is 12.8. The standard InChI is InChI=1S/C20H17ClN4O/c21-16-6-3-5-15(13-16)18-14-23-19-9-10-20(24-25(18)19)26-12-4-8-17-7-1-2-11-22-17/h1-3,5-7,9-11,13-14H,4,8,12H2. The molecule has 1 aromatic carbocycles. The van der Waals surface area contributed by atoms with E-state index in [2.05, 4.69) is 15.1 Å². The number of nitrogens with zero attached hydrogens (tertiary/aromatic N) is 4. The Bertz CT molecular complexity index is 1020. The molecule has 4 aromatic rings. The topological polar surface area (TPSA) is 52.3 Å². The summed E-state index contributed by atoms with van der Waals surface area (Å²) in [5.74, 6) is 0.569. The molecule has 0 saturated heterocycles. The fourth-order valence-electron chi connectivity index (χ4n) is 2.75. The smallest absolute Gasteiger partial charge is 0.231 e. The fraction of sp³-hybridized carbons (Fsp3) is 0.150. The van der Waals surface area contributed by atoms with Crippen molar-refractivity contribution in [1.29, 1.82) is 0 Å². The molecule has 0 amide bonds. The lowest BCUT2D eigenvalue weighted by molar-refractivity contribution is 0.294. The second-order valence-corrected chi connectivity index (χ2v) is 6.30. The molecule has 5 nitrogen and oxygen atoms in total. The van der Waals surface area contributed by atoms with Crippen molar-refractivity contribution >= 4 is 17.2 Å². The van der Waals surface area contributed by atoms with Crippen molar-refractivity contribution in [2.75, 3.05) is 6.61 Å². The van der Waals surface area contributed by atoms with Gasteiger partial charge in [0.15, 0.2) is 5.65 Å². The van der Waals surface area contributed by atoms with E-state index in [1.165, 1.54) is 0 Å². The normalized spacial score (nSPS) is 11.0. The number of hydrogen-bond donors (Lipinski definition) is 0. The molecule has 26 heavy (non-hydrogen) atoms. The van der Waals surface area contributed by atoms with Crippen LogP contribution in [0.15, 0.2) is 67.0 Å². The number of ether oxygens (including phenoxy) is 1. The molecule has 0 saturated carbocycles. The predicted octanol–water partition coefficient (Wildman–Crippen LogP) is 4.46. The van der Waals surface area contributed by atoms with E-state index >= 15 is 0 Å². The quantitative estimate of drug-likeness (QED) is 0.474. The summed E-state index contributed by atoms with van der Waals surface area (Å²) in [6.07, 6.45) is 5.35. The summed E-state index contributed by atoms with van der Waals surface area (Å²) in [6, 6.07) is 17.3. The highest BCUT2D eigenvalue weighted by atomic mass is 35.5. The molecule has 3 aromatic heterocycles. The van der Waals surface area contributed by atoms with Crippen LogP contribution in [0.25, 0.3) is 16.9 Å². The van der Waals surface area contributed by atoms with Gasteiger partial charge in [0.25, 0.3) is 0 Å². The highest BCUT2D eigenvalue weighted by Gasteiger charge is 2.09. The maximum absolute atomic E-state index is 6.10. The summed E-state index contributed by atoms with van der Waals surface area (Å²) in [5.41, 5.74) is 3.67. The van der Waals surface area contributed by atoms with E-state index in [0.717, 1.165) is 35.4 Å². The number of benzene rings is 1. The third-order valence-electron chi connectivity index (χ3n) is 4.01. The Morgan fingerprint density at radius 2 is 1.96 bits per heavy atom. The molecule has 0 unspecified atom stereocenters. The molecule has 0 atom stereocenters. The fourth-order valence-corrected chi connectivity index (χ4v) is 2.94. The third kappa shape index (κ3) is 3.68. The first-order valence-corrected chi connectivity index (χ1v) is 8.81. The van der Waals surface area contributed by atoms with Crippen LogP contribution >= 0.6 is 11.6 Å². The summed E-state index contributed by atoms with van der Waals surface area (Å²) >= 11 is 6.10. The largest absolute Gasteiger partial charge is 0.477 e. The lowest BCUT2D eigenvalue weighted by Crippen LogP contribution is -2.04. The molecule has 6 heteroatoms. The Morgan fingerprint density at radius 1 is 1.00 bits per heavy atom. The molecular weight excluding hydrogens is 348 g/mol. The minimum Gasteiger partial charge on any atom is -0.477 e. The summed E-state index contributed by atoms with van der Waals surface area (Å²) in [5, 5.41) is 5.24. The number of imidazole rings is 1. The number of hydrogen-bond acceptors (Lipinski definition) is 4. The van der Waals surface area contributed by atoms with Gasteiger partial charge in [-0.05, 0) is 43.2 Å². The van der Waals surface area contributed by atoms with E-state index < -0.39 is 0 Å². The molecule has 0 bridgehead atoms. The lowest BCUT2D eigenvalue weighted by atomic mass is 10.2. The van der Waals surface area contributed by atoms with Crippen LogP contribution in [0, 0.1) is 0 Å². The van der Waals surface area contributed by atoms with Crippen LogP contribution in [0.3, 0.4) is 0 Å². The summed E-state index contributed by atoms with van der Waals surface area (Å²) in [6.45, 7) is 0.580. The SMILES string of the molecule is Clc1cccc(-c2cnc3ccc(OCCCc4ccccn4)nn23)c1. The molecule has 0 N–H and O–H groups in total. The highest BCUT2D eigenvalue weighted by molar-refractivity contribution is 6.30. The highest BCUT2D eigenvalue weighted by Crippen LogP contribution is 2.24. The van der Waals surface area contributed by atoms with Crippen molar-refractivity contribution in [1.82, 2.24) is 19.6 Å². The van der Waals surface area contributed by atoms with Gasteiger partial charge < -0.3 is 4.74 Å². The Kier molecular flexibility index (Phi) is 4.80. The number of aryl methyl sites for hydroxylation is 1. The van der Waals surface area contributed by atoms with E-state index in [9.17, 15) is 0 Å². The number of pyridine rings is 1. The minimum absolute atomic E-state index is 0.569. The first-order valence-electron chi connectivity index (χ1n) is 8.43. The molecular formula is C20H17ClN4O. The predicted molar refractivity (Wildman–Crippen MR) is 101 cm³/mol. The Balaban J connectivity index is 1.47. The monoisotopic (exact) mass is 364 g/mol. The zero-order valence-corrected chi connectivity index (χ0v) is 14.8. The van der Waals surface area contributed by atoms with Gasteiger partial charge in [-0.1, -0.05) is 29.8 Å². The molecule has 4 rings (SSSR count). The van der Waals surface area contributed by atoms with Gasteiger partial charge in [-0.15, -0.1) is 5.10 Å². The van der Waals surface area contributed by atoms with Crippen LogP contribution in [0.2, 0.25) is 5.02 Å². The molecule has 0 radical (unpaired) electrons. The second-order valence-electron chi connectivity index (χ2n) is 5.87. The average Bonchev–Trinajstić information content (AvgIpc) is 3.09. The molecule has 130 valence electrons. The van der Waals surface area contributed by atoms with Gasteiger partial charge in [0, 0.05) is 28.5 Å². The van der Waals surface area contributed by atoms with E-state index in [1.54, 1.807) is 10.7 Å². The zero-order valence-electron chi connectivity index (χ0n) is 14.0. The van der Waals surface area contributed by atoms with Crippen molar-refractivity contribution in [2.24, 2.45) is 0 Å². The number of halogens is 1. The van der Waals surface area contributed by atoms with Crippen LogP contribution in [-0.2, 0) is 6.42 Å². The molecule has 3 heterocycles. The maximum atomic E-state index is 6.10. The van der Waals surface area contributed by atoms with Crippen molar-refractivity contribution < 1.29 is 4.74 Å². The van der Waals surface area contributed by atoms with Crippen molar-refractivity contribution in [2.45, 2.75) is 12.8 Å². The number of aromatic nitrogens is 4. The van der Waals surface area contributed by atoms with Crippen LogP contribution in [0.5, 0.6) is 5.88 Å². The Morgan fingerprint density at radius 3 is 2.81 bits per heavy atom. The summed E-state index contributed by atoms with van der Waals surface area (Å²) in [7, 11) is 0. The van der Waals surface area contributed by atoms with Gasteiger partial charge in [-0.2, -0.15) is 0 Å². The lowest BCUT2D eigenvalue weighted by Gasteiger charge is -2.07. The average molecular weight is 365 g/mol. The van der Waals surface area contributed by atoms with Gasteiger partial charge in [0.05, 0.1) is 18.5 Å². The summed E-state index contributed by atoms with van der Waals surface area (Å²) in [4.78, 5) is 8.71. The minimum atomic E-state index is 0.569. The molecule has 0 aliphatic carbocycles. The van der Waals surface area contributed by atoms with Gasteiger partial charge in [0.2, 0.25) is 5.88 Å². The van der Waals surface area contributed by atoms with Crippen molar-refractivity contribution in [3.05, 3.63) is 77.7 Å². The second kappa shape index (κ2) is 7.54. The van der Waals surface area contributed by atoms with Crippen LogP contribution < -0.4 is 4.74 Å². The van der Waals surface area contributed by atoms with Gasteiger partial charge in [0.1, 0.15) is 0 Å². The van der Waals surface area contributed by atoms with E-state index in [0.29, 0.717) is 17.5 Å². The zero-order chi connectivity index (χ0) is 17.8. The third-order valence-corrected chi connectivity index (χ3v) is 4.25. The van der Waals surface area contributed by atoms with Gasteiger partial charge >= 0.3 is 0 Å². The molecule has 0 aliphatic heterocycles. The molecule has 0 fully saturated rings. The Labute approximate surface area is 156 Å². The van der Waals surface area contributed by atoms with Crippen LogP contribution in [0.4, 0.5) is 0 Å². The van der Waals surface area contributed by atoms with Crippen molar-refractivity contribution in [3.8, 4) is 17.1 Å². The number of fused-ring (bicyclic) bond motifs is 1. The first kappa shape index (κ1) is 16.5. The van der Waals surface area contributed by atoms with Crippen LogP contribution in [-0.4, -0.2) is 26.2 Å². The number of rotatable bonds is 6. The molecule has 0 aliphatic rings. The summed E-state index contributed by atoms with van der Waals surface area (Å²) < 4.78 is 7.58.